The number of benzene rings is 1. The summed E-state index contributed by atoms with van der Waals surface area (Å²) >= 11 is 1.07. The maximum absolute atomic E-state index is 12.8. The fourth-order valence-corrected chi connectivity index (χ4v) is 2.85. The molecule has 0 unspecified atom stereocenters. The molecule has 1 aromatic heterocycles. The smallest absolute Gasteiger partial charge is 0.352 e. The van der Waals surface area contributed by atoms with Gasteiger partial charge in [0.05, 0.1) is 5.56 Å². The number of alkyl halides is 3. The molecular weight excluding hydrogens is 393 g/mol. The molecule has 10 heteroatoms. The molecule has 0 bridgehead atoms. The van der Waals surface area contributed by atoms with Crippen LogP contribution in [0.25, 0.3) is 0 Å². The molecule has 0 fully saturated rings. The maximum Gasteiger partial charge on any atom is 0.416 e. The highest BCUT2D eigenvalue weighted by molar-refractivity contribution is 7.14. The first-order valence-electron chi connectivity index (χ1n) is 8.61. The van der Waals surface area contributed by atoms with Gasteiger partial charge in [-0.1, -0.05) is 13.0 Å². The first kappa shape index (κ1) is 21.7. The molecule has 3 N–H and O–H groups in total. The van der Waals surface area contributed by atoms with Crippen molar-refractivity contribution >= 4 is 34.0 Å². The number of carbonyl (C=O) groups excluding carboxylic acids is 2. The summed E-state index contributed by atoms with van der Waals surface area (Å²) in [6.07, 6.45) is -3.68. The fraction of sp³-hybridized carbons (Fsp3) is 0.389. The van der Waals surface area contributed by atoms with E-state index in [9.17, 15) is 22.8 Å². The number of halogens is 3. The Kier molecular flexibility index (Phi) is 7.00. The Morgan fingerprint density at radius 2 is 1.93 bits per heavy atom. The molecule has 0 saturated heterocycles. The highest BCUT2D eigenvalue weighted by Gasteiger charge is 2.30. The Bertz CT molecular complexity index is 838. The molecule has 0 radical (unpaired) electrons. The minimum absolute atomic E-state index is 0.00520. The largest absolute Gasteiger partial charge is 0.416 e. The Hall–Kier alpha value is -2.62. The molecule has 0 saturated carbocycles. The van der Waals surface area contributed by atoms with Crippen LogP contribution in [0.2, 0.25) is 0 Å². The SMILES string of the molecule is CC[C@@H](C)NC(=O)[C@@H](C)NC(=O)c1csc(Nc2cccc(C(F)(F)F)c2)n1. The highest BCUT2D eigenvalue weighted by Crippen LogP contribution is 2.31. The number of nitrogens with one attached hydrogen (secondary N) is 3. The quantitative estimate of drug-likeness (QED) is 0.641. The molecule has 2 atom stereocenters. The van der Waals surface area contributed by atoms with Crippen LogP contribution in [0.1, 0.15) is 43.2 Å². The van der Waals surface area contributed by atoms with E-state index in [1.165, 1.54) is 17.5 Å². The van der Waals surface area contributed by atoms with Crippen LogP contribution >= 0.6 is 11.3 Å². The highest BCUT2D eigenvalue weighted by atomic mass is 32.1. The average Bonchev–Trinajstić information content (AvgIpc) is 3.09. The minimum atomic E-state index is -4.45. The van der Waals surface area contributed by atoms with Crippen molar-refractivity contribution in [3.8, 4) is 0 Å². The molecule has 0 aliphatic rings. The van der Waals surface area contributed by atoms with Crippen LogP contribution in [0.4, 0.5) is 24.0 Å². The van der Waals surface area contributed by atoms with Gasteiger partial charge in [0.25, 0.3) is 5.91 Å². The number of nitrogens with zero attached hydrogens (tertiary/aromatic N) is 1. The number of anilines is 2. The second-order valence-corrected chi connectivity index (χ2v) is 7.11. The molecule has 2 rings (SSSR count). The van der Waals surface area contributed by atoms with Gasteiger partial charge in [-0.3, -0.25) is 9.59 Å². The van der Waals surface area contributed by atoms with Crippen molar-refractivity contribution < 1.29 is 22.8 Å². The van der Waals surface area contributed by atoms with Gasteiger partial charge in [0.1, 0.15) is 11.7 Å². The van der Waals surface area contributed by atoms with Crippen molar-refractivity contribution in [2.75, 3.05) is 5.32 Å². The van der Waals surface area contributed by atoms with Crippen molar-refractivity contribution in [2.24, 2.45) is 0 Å². The summed E-state index contributed by atoms with van der Waals surface area (Å²) in [6, 6.07) is 3.93. The number of carbonyl (C=O) groups is 2. The second kappa shape index (κ2) is 9.05. The molecule has 2 aromatic rings. The van der Waals surface area contributed by atoms with Gasteiger partial charge in [-0.25, -0.2) is 4.98 Å². The van der Waals surface area contributed by atoms with Gasteiger partial charge >= 0.3 is 6.18 Å². The van der Waals surface area contributed by atoms with Crippen molar-refractivity contribution in [1.82, 2.24) is 15.6 Å². The predicted octanol–water partition coefficient (Wildman–Crippen LogP) is 3.94. The van der Waals surface area contributed by atoms with Crippen molar-refractivity contribution in [2.45, 2.75) is 45.5 Å². The molecule has 0 aliphatic carbocycles. The lowest BCUT2D eigenvalue weighted by Gasteiger charge is -2.16. The Labute approximate surface area is 164 Å². The zero-order valence-corrected chi connectivity index (χ0v) is 16.4. The van der Waals surface area contributed by atoms with Gasteiger partial charge in [0.15, 0.2) is 5.13 Å². The summed E-state index contributed by atoms with van der Waals surface area (Å²) in [7, 11) is 0. The second-order valence-electron chi connectivity index (χ2n) is 6.25. The predicted molar refractivity (Wildman–Crippen MR) is 102 cm³/mol. The maximum atomic E-state index is 12.8. The lowest BCUT2D eigenvalue weighted by Crippen LogP contribution is -2.47. The Morgan fingerprint density at radius 1 is 1.21 bits per heavy atom. The van der Waals surface area contributed by atoms with Crippen LogP contribution in [-0.4, -0.2) is 28.9 Å². The molecule has 0 spiro atoms. The van der Waals surface area contributed by atoms with Crippen LogP contribution in [0.3, 0.4) is 0 Å². The monoisotopic (exact) mass is 414 g/mol. The van der Waals surface area contributed by atoms with E-state index >= 15 is 0 Å². The van der Waals surface area contributed by atoms with E-state index in [-0.39, 0.29) is 28.5 Å². The van der Waals surface area contributed by atoms with E-state index in [1.807, 2.05) is 13.8 Å². The number of amides is 2. The molecule has 28 heavy (non-hydrogen) atoms. The summed E-state index contributed by atoms with van der Waals surface area (Å²) in [5, 5.41) is 9.79. The van der Waals surface area contributed by atoms with E-state index < -0.39 is 23.7 Å². The van der Waals surface area contributed by atoms with E-state index in [2.05, 4.69) is 20.9 Å². The Balaban J connectivity index is 2.00. The standard InChI is InChI=1S/C18H21F3N4O2S/c1-4-10(2)22-15(26)11(3)23-16(27)14-9-28-17(25-14)24-13-7-5-6-12(8-13)18(19,20)21/h5-11H,4H2,1-3H3,(H,22,26)(H,23,27)(H,24,25)/t10-,11-/m1/s1. The summed E-state index contributed by atoms with van der Waals surface area (Å²) in [5.41, 5.74) is -0.506. The zero-order valence-electron chi connectivity index (χ0n) is 15.6. The molecule has 1 heterocycles. The molecule has 6 nitrogen and oxygen atoms in total. The van der Waals surface area contributed by atoms with Gasteiger partial charge < -0.3 is 16.0 Å². The minimum Gasteiger partial charge on any atom is -0.352 e. The third kappa shape index (κ3) is 5.95. The summed E-state index contributed by atoms with van der Waals surface area (Å²) in [4.78, 5) is 28.3. The van der Waals surface area contributed by atoms with Gasteiger partial charge in [0, 0.05) is 17.1 Å². The summed E-state index contributed by atoms with van der Waals surface area (Å²) in [5.74, 6) is -0.847. The first-order chi connectivity index (χ1) is 13.1. The topological polar surface area (TPSA) is 83.1 Å². The lowest BCUT2D eigenvalue weighted by molar-refractivity contribution is -0.137. The van der Waals surface area contributed by atoms with Gasteiger partial charge in [-0.05, 0) is 38.5 Å². The molecule has 2 amide bonds. The van der Waals surface area contributed by atoms with Crippen LogP contribution in [0, 0.1) is 0 Å². The van der Waals surface area contributed by atoms with Gasteiger partial charge in [-0.2, -0.15) is 13.2 Å². The lowest BCUT2D eigenvalue weighted by atomic mass is 10.2. The number of aromatic nitrogens is 1. The van der Waals surface area contributed by atoms with Crippen molar-refractivity contribution in [1.29, 1.82) is 0 Å². The van der Waals surface area contributed by atoms with Gasteiger partial charge in [0.2, 0.25) is 5.91 Å². The van der Waals surface area contributed by atoms with Gasteiger partial charge in [-0.15, -0.1) is 11.3 Å². The van der Waals surface area contributed by atoms with Crippen LogP contribution < -0.4 is 16.0 Å². The number of thiazole rings is 1. The molecule has 0 aliphatic heterocycles. The third-order valence-electron chi connectivity index (χ3n) is 3.92. The van der Waals surface area contributed by atoms with Crippen LogP contribution in [0.15, 0.2) is 29.6 Å². The Morgan fingerprint density at radius 3 is 2.57 bits per heavy atom. The fourth-order valence-electron chi connectivity index (χ4n) is 2.14. The number of hydrogen-bond donors (Lipinski definition) is 3. The molecule has 152 valence electrons. The third-order valence-corrected chi connectivity index (χ3v) is 4.68. The first-order valence-corrected chi connectivity index (χ1v) is 9.49. The summed E-state index contributed by atoms with van der Waals surface area (Å²) in [6.45, 7) is 5.35. The molecule has 1 aromatic carbocycles. The van der Waals surface area contributed by atoms with E-state index in [0.717, 1.165) is 29.9 Å². The van der Waals surface area contributed by atoms with Crippen molar-refractivity contribution in [3.05, 3.63) is 40.9 Å². The van der Waals surface area contributed by atoms with E-state index in [0.29, 0.717) is 0 Å². The van der Waals surface area contributed by atoms with Crippen molar-refractivity contribution in [3.63, 3.8) is 0 Å². The molecular formula is C18H21F3N4O2S. The average molecular weight is 414 g/mol. The van der Waals surface area contributed by atoms with Crippen LogP contribution in [-0.2, 0) is 11.0 Å². The van der Waals surface area contributed by atoms with Crippen LogP contribution in [0.5, 0.6) is 0 Å². The normalized spacial score (nSPS) is 13.5. The number of hydrogen-bond acceptors (Lipinski definition) is 5. The van der Waals surface area contributed by atoms with E-state index in [1.54, 1.807) is 6.92 Å². The van der Waals surface area contributed by atoms with E-state index in [4.69, 9.17) is 0 Å². The summed E-state index contributed by atoms with van der Waals surface area (Å²) < 4.78 is 38.3. The number of rotatable bonds is 7. The zero-order chi connectivity index (χ0) is 20.9.